The smallest absolute Gasteiger partial charge is 0.115 e. The highest BCUT2D eigenvalue weighted by molar-refractivity contribution is 6.30. The van der Waals surface area contributed by atoms with Crippen LogP contribution in [0.3, 0.4) is 0 Å². The van der Waals surface area contributed by atoms with E-state index in [1.54, 1.807) is 6.20 Å². The van der Waals surface area contributed by atoms with Crippen molar-refractivity contribution in [3.63, 3.8) is 0 Å². The van der Waals surface area contributed by atoms with Gasteiger partial charge in [0.25, 0.3) is 0 Å². The van der Waals surface area contributed by atoms with Crippen molar-refractivity contribution in [2.75, 3.05) is 0 Å². The van der Waals surface area contributed by atoms with E-state index in [0.717, 1.165) is 16.3 Å². The van der Waals surface area contributed by atoms with Gasteiger partial charge in [0.1, 0.15) is 6.10 Å². The maximum atomic E-state index is 5.97. The molecule has 2 N–H and O–H groups in total. The minimum Gasteiger partial charge on any atom is -0.366 e. The van der Waals surface area contributed by atoms with E-state index in [4.69, 9.17) is 22.1 Å². The average molecular weight is 277 g/mol. The Labute approximate surface area is 118 Å². The van der Waals surface area contributed by atoms with Crippen molar-refractivity contribution in [1.29, 1.82) is 0 Å². The number of hydrogen-bond acceptors (Lipinski definition) is 3. The van der Waals surface area contributed by atoms with E-state index in [0.29, 0.717) is 6.61 Å². The lowest BCUT2D eigenvalue weighted by Crippen LogP contribution is -2.27. The van der Waals surface area contributed by atoms with Gasteiger partial charge < -0.3 is 10.5 Å². The monoisotopic (exact) mass is 276 g/mol. The molecule has 0 bridgehead atoms. The van der Waals surface area contributed by atoms with Crippen LogP contribution in [0.25, 0.3) is 0 Å². The molecule has 0 fully saturated rings. The van der Waals surface area contributed by atoms with Crippen molar-refractivity contribution < 1.29 is 4.74 Å². The second-order valence-electron chi connectivity index (χ2n) is 4.47. The fourth-order valence-electron chi connectivity index (χ4n) is 1.82. The molecule has 0 amide bonds. The lowest BCUT2D eigenvalue weighted by Gasteiger charge is -2.21. The van der Waals surface area contributed by atoms with Crippen LogP contribution in [0, 0.1) is 0 Å². The van der Waals surface area contributed by atoms with Crippen molar-refractivity contribution in [1.82, 2.24) is 4.98 Å². The topological polar surface area (TPSA) is 48.1 Å². The second kappa shape index (κ2) is 6.66. The number of ether oxygens (including phenoxy) is 1. The van der Waals surface area contributed by atoms with E-state index in [9.17, 15) is 0 Å². The maximum Gasteiger partial charge on any atom is 0.115 e. The molecule has 1 aromatic heterocycles. The molecule has 2 unspecified atom stereocenters. The third-order valence-electron chi connectivity index (χ3n) is 2.80. The molecule has 1 heterocycles. The zero-order valence-corrected chi connectivity index (χ0v) is 11.5. The third kappa shape index (κ3) is 4.03. The fraction of sp³-hybridized carbons (Fsp3) is 0.267. The Morgan fingerprint density at radius 1 is 1.21 bits per heavy atom. The average Bonchev–Trinajstić information content (AvgIpc) is 2.42. The molecule has 0 saturated carbocycles. The van der Waals surface area contributed by atoms with Gasteiger partial charge in [-0.1, -0.05) is 29.8 Å². The number of benzene rings is 1. The van der Waals surface area contributed by atoms with Gasteiger partial charge in [0, 0.05) is 17.3 Å². The van der Waals surface area contributed by atoms with Crippen LogP contribution in [0.5, 0.6) is 0 Å². The first kappa shape index (κ1) is 14.0. The van der Waals surface area contributed by atoms with Crippen molar-refractivity contribution >= 4 is 11.6 Å². The molecule has 3 nitrogen and oxygen atoms in total. The summed E-state index contributed by atoms with van der Waals surface area (Å²) in [5.74, 6) is 0. The summed E-state index contributed by atoms with van der Waals surface area (Å²) in [4.78, 5) is 4.30. The summed E-state index contributed by atoms with van der Waals surface area (Å²) in [6.07, 6.45) is 1.54. The van der Waals surface area contributed by atoms with Crippen LogP contribution in [0.1, 0.15) is 24.3 Å². The summed E-state index contributed by atoms with van der Waals surface area (Å²) in [6, 6.07) is 13.2. The molecule has 0 aliphatic rings. The molecule has 0 saturated heterocycles. The van der Waals surface area contributed by atoms with Gasteiger partial charge in [-0.15, -0.1) is 0 Å². The van der Waals surface area contributed by atoms with Gasteiger partial charge in [-0.2, -0.15) is 0 Å². The quantitative estimate of drug-likeness (QED) is 0.911. The van der Waals surface area contributed by atoms with Gasteiger partial charge in [0.05, 0.1) is 12.3 Å². The van der Waals surface area contributed by atoms with Gasteiger partial charge >= 0.3 is 0 Å². The van der Waals surface area contributed by atoms with Crippen LogP contribution in [0.4, 0.5) is 0 Å². The highest BCUT2D eigenvalue weighted by Gasteiger charge is 2.17. The molecule has 2 atom stereocenters. The highest BCUT2D eigenvalue weighted by atomic mass is 35.5. The van der Waals surface area contributed by atoms with Gasteiger partial charge in [-0.05, 0) is 36.8 Å². The van der Waals surface area contributed by atoms with Crippen molar-refractivity contribution in [2.45, 2.75) is 25.7 Å². The van der Waals surface area contributed by atoms with Crippen LogP contribution in [-0.4, -0.2) is 11.0 Å². The summed E-state index contributed by atoms with van der Waals surface area (Å²) in [7, 11) is 0. The minimum atomic E-state index is -0.211. The Bertz CT molecular complexity index is 499. The maximum absolute atomic E-state index is 5.97. The Kier molecular flexibility index (Phi) is 4.91. The lowest BCUT2D eigenvalue weighted by molar-refractivity contribution is 0.0231. The lowest BCUT2D eigenvalue weighted by atomic mass is 10.1. The molecule has 0 aliphatic carbocycles. The van der Waals surface area contributed by atoms with Crippen molar-refractivity contribution in [3.8, 4) is 0 Å². The summed E-state index contributed by atoms with van der Waals surface area (Å²) in [5, 5.41) is 0.720. The van der Waals surface area contributed by atoms with E-state index in [2.05, 4.69) is 4.98 Å². The molecule has 0 spiro atoms. The Morgan fingerprint density at radius 3 is 2.53 bits per heavy atom. The molecular formula is C15H17ClN2O. The molecule has 2 aromatic rings. The second-order valence-corrected chi connectivity index (χ2v) is 4.91. The summed E-state index contributed by atoms with van der Waals surface area (Å²) >= 11 is 5.85. The molecular weight excluding hydrogens is 260 g/mol. The predicted octanol–water partition coefficient (Wildman–Crippen LogP) is 3.34. The number of rotatable bonds is 5. The van der Waals surface area contributed by atoms with E-state index in [1.165, 1.54) is 0 Å². The first-order valence-electron chi connectivity index (χ1n) is 6.19. The van der Waals surface area contributed by atoms with Crippen LogP contribution in [0.2, 0.25) is 5.02 Å². The number of halogens is 1. The first-order chi connectivity index (χ1) is 9.16. The third-order valence-corrected chi connectivity index (χ3v) is 3.05. The summed E-state index contributed by atoms with van der Waals surface area (Å²) in [6.45, 7) is 2.40. The standard InChI is InChI=1S/C15H17ClN2O/c1-11(17)15(14-4-2-3-9-18-14)19-10-12-5-7-13(16)8-6-12/h2-9,11,15H,10,17H2,1H3. The first-order valence-corrected chi connectivity index (χ1v) is 6.57. The molecule has 19 heavy (non-hydrogen) atoms. The molecule has 0 aliphatic heterocycles. The number of nitrogens with two attached hydrogens (primary N) is 1. The zero-order valence-electron chi connectivity index (χ0n) is 10.8. The summed E-state index contributed by atoms with van der Waals surface area (Å²) < 4.78 is 5.88. The summed E-state index contributed by atoms with van der Waals surface area (Å²) in [5.41, 5.74) is 7.89. The number of nitrogens with zero attached hydrogens (tertiary/aromatic N) is 1. The van der Waals surface area contributed by atoms with E-state index < -0.39 is 0 Å². The van der Waals surface area contributed by atoms with E-state index >= 15 is 0 Å². The number of hydrogen-bond donors (Lipinski definition) is 1. The highest BCUT2D eigenvalue weighted by Crippen LogP contribution is 2.20. The van der Waals surface area contributed by atoms with Crippen LogP contribution < -0.4 is 5.73 Å². The van der Waals surface area contributed by atoms with Gasteiger partial charge in [0.15, 0.2) is 0 Å². The SMILES string of the molecule is CC(N)C(OCc1ccc(Cl)cc1)c1ccccn1. The minimum absolute atomic E-state index is 0.123. The van der Waals surface area contributed by atoms with E-state index in [-0.39, 0.29) is 12.1 Å². The number of pyridine rings is 1. The van der Waals surface area contributed by atoms with Gasteiger partial charge in [-0.3, -0.25) is 4.98 Å². The van der Waals surface area contributed by atoms with Crippen LogP contribution >= 0.6 is 11.6 Å². The Morgan fingerprint density at radius 2 is 1.95 bits per heavy atom. The Hall–Kier alpha value is -1.42. The molecule has 100 valence electrons. The van der Waals surface area contributed by atoms with Crippen LogP contribution in [-0.2, 0) is 11.3 Å². The molecule has 1 aromatic carbocycles. The normalized spacial score (nSPS) is 14.1. The van der Waals surface area contributed by atoms with E-state index in [1.807, 2.05) is 49.4 Å². The van der Waals surface area contributed by atoms with Gasteiger partial charge in [0.2, 0.25) is 0 Å². The van der Waals surface area contributed by atoms with Crippen molar-refractivity contribution in [2.24, 2.45) is 5.73 Å². The molecule has 4 heteroatoms. The largest absolute Gasteiger partial charge is 0.366 e. The number of aromatic nitrogens is 1. The van der Waals surface area contributed by atoms with Crippen LogP contribution in [0.15, 0.2) is 48.7 Å². The molecule has 0 radical (unpaired) electrons. The zero-order chi connectivity index (χ0) is 13.7. The molecule has 2 rings (SSSR count). The van der Waals surface area contributed by atoms with Crippen molar-refractivity contribution in [3.05, 3.63) is 64.9 Å². The van der Waals surface area contributed by atoms with Gasteiger partial charge in [-0.25, -0.2) is 0 Å². The Balaban J connectivity index is 2.04. The predicted molar refractivity (Wildman–Crippen MR) is 76.9 cm³/mol. The fourth-order valence-corrected chi connectivity index (χ4v) is 1.94.